The minimum absolute atomic E-state index is 0.0846. The van der Waals surface area contributed by atoms with Gasteiger partial charge in [-0.25, -0.2) is 0 Å². The van der Waals surface area contributed by atoms with Gasteiger partial charge in [0.15, 0.2) is 0 Å². The second kappa shape index (κ2) is 15.4. The fraction of sp³-hybridized carbons (Fsp3) is 0.429. The van der Waals surface area contributed by atoms with Gasteiger partial charge in [-0.3, -0.25) is 0 Å². The van der Waals surface area contributed by atoms with Crippen LogP contribution in [0.2, 0.25) is 0 Å². The standard InChI is InChI=1S/C42H53N/c1-4-6-8-10-12-20-30-42(31-21-13-11-9-7-5-2)40-32-34(3)26-28-38(40)39-29-27-37(33-41(39)42)43(35-22-16-14-17-23-35)36-24-18-15-19-25-36/h14-19,22-29,32-33H,4-13,20-21,30-31H2,1-3H3. The number of fused-ring (bicyclic) bond motifs is 3. The van der Waals surface area contributed by atoms with Crippen LogP contribution in [0.4, 0.5) is 17.1 Å². The van der Waals surface area contributed by atoms with Crippen LogP contribution in [-0.2, 0) is 5.41 Å². The molecule has 0 amide bonds. The molecular formula is C42H53N. The zero-order valence-electron chi connectivity index (χ0n) is 27.1. The number of aryl methyl sites for hydroxylation is 1. The molecule has 0 aliphatic heterocycles. The zero-order valence-corrected chi connectivity index (χ0v) is 27.1. The van der Waals surface area contributed by atoms with E-state index in [1.54, 1.807) is 11.1 Å². The first-order valence-corrected chi connectivity index (χ1v) is 17.3. The van der Waals surface area contributed by atoms with Gasteiger partial charge in [-0.05, 0) is 78.4 Å². The van der Waals surface area contributed by atoms with Crippen molar-refractivity contribution in [3.8, 4) is 11.1 Å². The van der Waals surface area contributed by atoms with Gasteiger partial charge in [0.25, 0.3) is 0 Å². The molecule has 1 aliphatic rings. The minimum atomic E-state index is 0.0846. The Morgan fingerprint density at radius 1 is 0.465 bits per heavy atom. The molecule has 1 nitrogen and oxygen atoms in total. The van der Waals surface area contributed by atoms with E-state index in [2.05, 4.69) is 123 Å². The van der Waals surface area contributed by atoms with Gasteiger partial charge in [-0.1, -0.05) is 157 Å². The molecule has 0 unspecified atom stereocenters. The number of para-hydroxylation sites is 2. The van der Waals surface area contributed by atoms with Crippen molar-refractivity contribution in [1.29, 1.82) is 0 Å². The summed E-state index contributed by atoms with van der Waals surface area (Å²) in [5, 5.41) is 0. The van der Waals surface area contributed by atoms with Crippen molar-refractivity contribution in [2.45, 2.75) is 116 Å². The van der Waals surface area contributed by atoms with Crippen molar-refractivity contribution in [3.05, 3.63) is 114 Å². The summed E-state index contributed by atoms with van der Waals surface area (Å²) in [4.78, 5) is 2.44. The van der Waals surface area contributed by atoms with E-state index in [4.69, 9.17) is 0 Å². The third kappa shape index (κ3) is 7.26. The zero-order chi connectivity index (χ0) is 29.9. The lowest BCUT2D eigenvalue weighted by Crippen LogP contribution is -2.26. The van der Waals surface area contributed by atoms with Gasteiger partial charge in [-0.2, -0.15) is 0 Å². The number of hydrogen-bond acceptors (Lipinski definition) is 1. The fourth-order valence-corrected chi connectivity index (χ4v) is 7.42. The summed E-state index contributed by atoms with van der Waals surface area (Å²) in [6.45, 7) is 6.91. The van der Waals surface area contributed by atoms with Crippen LogP contribution in [0.25, 0.3) is 11.1 Å². The predicted octanol–water partition coefficient (Wildman–Crippen LogP) is 13.2. The van der Waals surface area contributed by atoms with Crippen molar-refractivity contribution in [3.63, 3.8) is 0 Å². The molecule has 0 heterocycles. The van der Waals surface area contributed by atoms with Crippen molar-refractivity contribution in [2.75, 3.05) is 4.90 Å². The maximum atomic E-state index is 2.57. The topological polar surface area (TPSA) is 3.24 Å². The molecule has 0 saturated heterocycles. The summed E-state index contributed by atoms with van der Waals surface area (Å²) < 4.78 is 0. The number of benzene rings is 4. The van der Waals surface area contributed by atoms with Crippen LogP contribution < -0.4 is 4.90 Å². The lowest BCUT2D eigenvalue weighted by molar-refractivity contribution is 0.398. The Morgan fingerprint density at radius 2 is 0.930 bits per heavy atom. The van der Waals surface area contributed by atoms with Gasteiger partial charge < -0.3 is 4.90 Å². The number of anilines is 3. The molecule has 1 aliphatic carbocycles. The Kier molecular flexibility index (Phi) is 11.2. The molecule has 5 rings (SSSR count). The summed E-state index contributed by atoms with van der Waals surface area (Å²) in [7, 11) is 0. The monoisotopic (exact) mass is 571 g/mol. The Balaban J connectivity index is 1.56. The highest BCUT2D eigenvalue weighted by Gasteiger charge is 2.42. The minimum Gasteiger partial charge on any atom is -0.310 e. The Labute approximate surface area is 262 Å². The molecule has 0 aromatic heterocycles. The maximum absolute atomic E-state index is 2.57. The van der Waals surface area contributed by atoms with Gasteiger partial charge in [0.05, 0.1) is 0 Å². The van der Waals surface area contributed by atoms with Gasteiger partial charge in [-0.15, -0.1) is 0 Å². The van der Waals surface area contributed by atoms with Gasteiger partial charge in [0.1, 0.15) is 0 Å². The van der Waals surface area contributed by atoms with Crippen LogP contribution >= 0.6 is 0 Å². The summed E-state index contributed by atoms with van der Waals surface area (Å²) in [5.74, 6) is 0. The summed E-state index contributed by atoms with van der Waals surface area (Å²) in [6, 6.07) is 36.4. The normalized spacial score (nSPS) is 13.1. The molecule has 0 N–H and O–H groups in total. The van der Waals surface area contributed by atoms with Gasteiger partial charge in [0.2, 0.25) is 0 Å². The van der Waals surface area contributed by atoms with E-state index in [1.807, 2.05) is 0 Å². The van der Waals surface area contributed by atoms with E-state index in [1.165, 1.54) is 124 Å². The Morgan fingerprint density at radius 3 is 1.47 bits per heavy atom. The average Bonchev–Trinajstić information content (AvgIpc) is 3.30. The quantitative estimate of drug-likeness (QED) is 0.114. The molecule has 4 aromatic carbocycles. The summed E-state index contributed by atoms with van der Waals surface area (Å²) >= 11 is 0. The second-order valence-corrected chi connectivity index (χ2v) is 12.9. The molecular weight excluding hydrogens is 518 g/mol. The van der Waals surface area contributed by atoms with Crippen LogP contribution in [0, 0.1) is 6.92 Å². The number of hydrogen-bond donors (Lipinski definition) is 0. The SMILES string of the molecule is CCCCCCCCC1(CCCCCCCC)c2cc(C)ccc2-c2ccc(N(c3ccccc3)c3ccccc3)cc21. The lowest BCUT2D eigenvalue weighted by atomic mass is 9.70. The summed E-state index contributed by atoms with van der Waals surface area (Å²) in [5.41, 5.74) is 11.2. The second-order valence-electron chi connectivity index (χ2n) is 12.9. The van der Waals surface area contributed by atoms with E-state index in [9.17, 15) is 0 Å². The molecule has 0 saturated carbocycles. The number of nitrogens with zero attached hydrogens (tertiary/aromatic N) is 1. The molecule has 4 aromatic rings. The van der Waals surface area contributed by atoms with Crippen LogP contribution in [-0.4, -0.2) is 0 Å². The lowest BCUT2D eigenvalue weighted by Gasteiger charge is -2.34. The molecule has 1 heteroatoms. The van der Waals surface area contributed by atoms with Gasteiger partial charge in [0, 0.05) is 22.5 Å². The van der Waals surface area contributed by atoms with Crippen LogP contribution in [0.5, 0.6) is 0 Å². The highest BCUT2D eigenvalue weighted by molar-refractivity contribution is 5.86. The van der Waals surface area contributed by atoms with Gasteiger partial charge >= 0.3 is 0 Å². The molecule has 226 valence electrons. The molecule has 43 heavy (non-hydrogen) atoms. The predicted molar refractivity (Wildman–Crippen MR) is 188 cm³/mol. The number of rotatable bonds is 17. The largest absolute Gasteiger partial charge is 0.310 e. The van der Waals surface area contributed by atoms with E-state index in [0.717, 1.165) is 0 Å². The van der Waals surface area contributed by atoms with Crippen LogP contribution in [0.3, 0.4) is 0 Å². The van der Waals surface area contributed by atoms with Crippen molar-refractivity contribution in [1.82, 2.24) is 0 Å². The molecule has 0 radical (unpaired) electrons. The maximum Gasteiger partial charge on any atom is 0.0465 e. The molecule has 0 bridgehead atoms. The van der Waals surface area contributed by atoms with E-state index in [-0.39, 0.29) is 5.41 Å². The van der Waals surface area contributed by atoms with Crippen molar-refractivity contribution in [2.24, 2.45) is 0 Å². The smallest absolute Gasteiger partial charge is 0.0465 e. The summed E-state index contributed by atoms with van der Waals surface area (Å²) in [6.07, 6.45) is 18.6. The highest BCUT2D eigenvalue weighted by Crippen LogP contribution is 2.55. The van der Waals surface area contributed by atoms with Crippen LogP contribution in [0.15, 0.2) is 97.1 Å². The molecule has 0 atom stereocenters. The Hall–Kier alpha value is -3.32. The van der Waals surface area contributed by atoms with Crippen LogP contribution in [0.1, 0.15) is 120 Å². The highest BCUT2D eigenvalue weighted by atomic mass is 15.1. The third-order valence-corrected chi connectivity index (χ3v) is 9.70. The number of unbranched alkanes of at least 4 members (excludes halogenated alkanes) is 10. The van der Waals surface area contributed by atoms with E-state index < -0.39 is 0 Å². The first-order chi connectivity index (χ1) is 21.2. The first kappa shape index (κ1) is 31.1. The first-order valence-electron chi connectivity index (χ1n) is 17.3. The molecule has 0 spiro atoms. The third-order valence-electron chi connectivity index (χ3n) is 9.70. The fourth-order valence-electron chi connectivity index (χ4n) is 7.42. The van der Waals surface area contributed by atoms with E-state index >= 15 is 0 Å². The molecule has 0 fully saturated rings. The van der Waals surface area contributed by atoms with Crippen molar-refractivity contribution < 1.29 is 0 Å². The Bertz CT molecular complexity index is 1350. The average molecular weight is 572 g/mol. The van der Waals surface area contributed by atoms with Crippen molar-refractivity contribution >= 4 is 17.1 Å². The van der Waals surface area contributed by atoms with E-state index in [0.29, 0.717) is 0 Å².